The number of aromatic carboxylic acids is 1. The minimum Gasteiger partial charge on any atom is -0.476 e. The molecule has 1 aromatic carbocycles. The van der Waals surface area contributed by atoms with Gasteiger partial charge in [0.2, 0.25) is 0 Å². The predicted molar refractivity (Wildman–Crippen MR) is 62.3 cm³/mol. The van der Waals surface area contributed by atoms with Crippen LogP contribution < -0.4 is 0 Å². The SMILES string of the molecule is O=C(O)c1cc(CCc2ccc(Cl)cc2)on1. The van der Waals surface area contributed by atoms with Gasteiger partial charge in [0.25, 0.3) is 0 Å². The molecule has 0 bridgehead atoms. The smallest absolute Gasteiger partial charge is 0.358 e. The molecule has 0 fully saturated rings. The van der Waals surface area contributed by atoms with E-state index >= 15 is 0 Å². The number of carbonyl (C=O) groups is 1. The van der Waals surface area contributed by atoms with Crippen molar-refractivity contribution in [2.24, 2.45) is 0 Å². The third-order valence-electron chi connectivity index (χ3n) is 2.35. The molecule has 5 heteroatoms. The van der Waals surface area contributed by atoms with Crippen LogP contribution in [-0.2, 0) is 12.8 Å². The van der Waals surface area contributed by atoms with E-state index in [9.17, 15) is 4.79 Å². The quantitative estimate of drug-likeness (QED) is 0.908. The molecule has 1 heterocycles. The van der Waals surface area contributed by atoms with Gasteiger partial charge in [-0.1, -0.05) is 28.9 Å². The van der Waals surface area contributed by atoms with E-state index in [4.69, 9.17) is 21.2 Å². The number of carboxylic acid groups (broad SMARTS) is 1. The number of carboxylic acids is 1. The second-order valence-electron chi connectivity index (χ2n) is 3.61. The number of hydrogen-bond donors (Lipinski definition) is 1. The minimum atomic E-state index is -1.08. The van der Waals surface area contributed by atoms with E-state index in [0.717, 1.165) is 12.0 Å². The number of aromatic nitrogens is 1. The maximum atomic E-state index is 10.6. The van der Waals surface area contributed by atoms with Crippen LogP contribution in [0.1, 0.15) is 21.8 Å². The van der Waals surface area contributed by atoms with Gasteiger partial charge in [-0.2, -0.15) is 0 Å². The average molecular weight is 252 g/mol. The Morgan fingerprint density at radius 3 is 2.59 bits per heavy atom. The van der Waals surface area contributed by atoms with E-state index in [2.05, 4.69) is 5.16 Å². The lowest BCUT2D eigenvalue weighted by Gasteiger charge is -1.98. The minimum absolute atomic E-state index is 0.0592. The fourth-order valence-electron chi connectivity index (χ4n) is 1.45. The normalized spacial score (nSPS) is 10.4. The van der Waals surface area contributed by atoms with Crippen molar-refractivity contribution in [2.45, 2.75) is 12.8 Å². The second kappa shape index (κ2) is 5.01. The van der Waals surface area contributed by atoms with Crippen LogP contribution in [0.4, 0.5) is 0 Å². The van der Waals surface area contributed by atoms with Crippen molar-refractivity contribution in [3.63, 3.8) is 0 Å². The molecule has 1 N–H and O–H groups in total. The Balaban J connectivity index is 1.97. The first-order valence-electron chi connectivity index (χ1n) is 5.08. The Bertz CT molecular complexity index is 519. The third kappa shape index (κ3) is 3.07. The summed E-state index contributed by atoms with van der Waals surface area (Å²) in [6.45, 7) is 0. The molecule has 1 aromatic heterocycles. The summed E-state index contributed by atoms with van der Waals surface area (Å²) < 4.78 is 4.91. The lowest BCUT2D eigenvalue weighted by atomic mass is 10.1. The zero-order valence-electron chi connectivity index (χ0n) is 8.89. The van der Waals surface area contributed by atoms with Gasteiger partial charge in [0.15, 0.2) is 5.69 Å². The Morgan fingerprint density at radius 2 is 2.00 bits per heavy atom. The summed E-state index contributed by atoms with van der Waals surface area (Å²) in [7, 11) is 0. The van der Waals surface area contributed by atoms with Crippen LogP contribution in [0.5, 0.6) is 0 Å². The predicted octanol–water partition coefficient (Wildman–Crippen LogP) is 2.81. The standard InChI is InChI=1S/C12H10ClNO3/c13-9-4-1-8(2-5-9)3-6-10-7-11(12(15)16)14-17-10/h1-2,4-5,7H,3,6H2,(H,15,16). The molecule has 0 aliphatic heterocycles. The topological polar surface area (TPSA) is 63.3 Å². The van der Waals surface area contributed by atoms with Crippen molar-refractivity contribution in [2.75, 3.05) is 0 Å². The highest BCUT2D eigenvalue weighted by molar-refractivity contribution is 6.30. The summed E-state index contributed by atoms with van der Waals surface area (Å²) in [6.07, 6.45) is 1.37. The van der Waals surface area contributed by atoms with Gasteiger partial charge in [0, 0.05) is 17.5 Å². The van der Waals surface area contributed by atoms with Crippen molar-refractivity contribution in [1.82, 2.24) is 5.16 Å². The summed E-state index contributed by atoms with van der Waals surface area (Å²) in [4.78, 5) is 10.6. The van der Waals surface area contributed by atoms with Gasteiger partial charge in [-0.25, -0.2) is 4.79 Å². The van der Waals surface area contributed by atoms with Crippen LogP contribution in [0, 0.1) is 0 Å². The molecule has 2 aromatic rings. The Hall–Kier alpha value is -1.81. The van der Waals surface area contributed by atoms with E-state index in [1.54, 1.807) is 0 Å². The molecule has 0 saturated heterocycles. The first-order chi connectivity index (χ1) is 8.15. The van der Waals surface area contributed by atoms with Crippen LogP contribution in [0.3, 0.4) is 0 Å². The fourth-order valence-corrected chi connectivity index (χ4v) is 1.58. The first-order valence-corrected chi connectivity index (χ1v) is 5.46. The van der Waals surface area contributed by atoms with Crippen molar-refractivity contribution >= 4 is 17.6 Å². The number of nitrogens with zero attached hydrogens (tertiary/aromatic N) is 1. The molecule has 0 unspecified atom stereocenters. The summed E-state index contributed by atoms with van der Waals surface area (Å²) in [5.74, 6) is -0.510. The maximum Gasteiger partial charge on any atom is 0.358 e. The first kappa shape index (κ1) is 11.7. The molecule has 0 amide bonds. The molecule has 17 heavy (non-hydrogen) atoms. The number of aryl methyl sites for hydroxylation is 2. The maximum absolute atomic E-state index is 10.6. The van der Waals surface area contributed by atoms with E-state index in [0.29, 0.717) is 17.2 Å². The molecular formula is C12H10ClNO3. The number of rotatable bonds is 4. The van der Waals surface area contributed by atoms with Crippen molar-refractivity contribution in [1.29, 1.82) is 0 Å². The average Bonchev–Trinajstić information content (AvgIpc) is 2.77. The number of benzene rings is 1. The van der Waals surface area contributed by atoms with Crippen LogP contribution in [0.2, 0.25) is 5.02 Å². The summed E-state index contributed by atoms with van der Waals surface area (Å²) in [5, 5.41) is 12.8. The van der Waals surface area contributed by atoms with Crippen molar-refractivity contribution in [3.05, 3.63) is 52.4 Å². The van der Waals surface area contributed by atoms with E-state index in [1.807, 2.05) is 24.3 Å². The molecule has 0 spiro atoms. The van der Waals surface area contributed by atoms with Gasteiger partial charge in [0.05, 0.1) is 0 Å². The van der Waals surface area contributed by atoms with Crippen molar-refractivity contribution in [3.8, 4) is 0 Å². The van der Waals surface area contributed by atoms with Gasteiger partial charge >= 0.3 is 5.97 Å². The summed E-state index contributed by atoms with van der Waals surface area (Å²) in [6, 6.07) is 8.94. The van der Waals surface area contributed by atoms with Crippen LogP contribution >= 0.6 is 11.6 Å². The largest absolute Gasteiger partial charge is 0.476 e. The van der Waals surface area contributed by atoms with Gasteiger partial charge < -0.3 is 9.63 Å². The summed E-state index contributed by atoms with van der Waals surface area (Å²) in [5.41, 5.74) is 1.05. The molecule has 0 saturated carbocycles. The second-order valence-corrected chi connectivity index (χ2v) is 4.05. The fraction of sp³-hybridized carbons (Fsp3) is 0.167. The van der Waals surface area contributed by atoms with Gasteiger partial charge in [-0.3, -0.25) is 0 Å². The Morgan fingerprint density at radius 1 is 1.29 bits per heavy atom. The molecule has 88 valence electrons. The van der Waals surface area contributed by atoms with Gasteiger partial charge in [0.1, 0.15) is 5.76 Å². The number of halogens is 1. The molecule has 0 aliphatic rings. The molecule has 0 aliphatic carbocycles. The van der Waals surface area contributed by atoms with Crippen LogP contribution in [-0.4, -0.2) is 16.2 Å². The zero-order valence-corrected chi connectivity index (χ0v) is 9.65. The monoisotopic (exact) mass is 251 g/mol. The highest BCUT2D eigenvalue weighted by Gasteiger charge is 2.10. The van der Waals surface area contributed by atoms with Gasteiger partial charge in [-0.05, 0) is 24.1 Å². The lowest BCUT2D eigenvalue weighted by molar-refractivity contribution is 0.0685. The highest BCUT2D eigenvalue weighted by atomic mass is 35.5. The zero-order chi connectivity index (χ0) is 12.3. The molecule has 0 atom stereocenters. The van der Waals surface area contributed by atoms with Crippen LogP contribution in [0.25, 0.3) is 0 Å². The molecule has 2 rings (SSSR count). The van der Waals surface area contributed by atoms with Gasteiger partial charge in [-0.15, -0.1) is 0 Å². The number of hydrogen-bond acceptors (Lipinski definition) is 3. The highest BCUT2D eigenvalue weighted by Crippen LogP contribution is 2.12. The summed E-state index contributed by atoms with van der Waals surface area (Å²) >= 11 is 5.77. The van der Waals surface area contributed by atoms with E-state index < -0.39 is 5.97 Å². The van der Waals surface area contributed by atoms with E-state index in [-0.39, 0.29) is 5.69 Å². The molecule has 4 nitrogen and oxygen atoms in total. The molecule has 0 radical (unpaired) electrons. The van der Waals surface area contributed by atoms with Crippen LogP contribution in [0.15, 0.2) is 34.9 Å². The molecular weight excluding hydrogens is 242 g/mol. The lowest BCUT2D eigenvalue weighted by Crippen LogP contribution is -1.95. The Kier molecular flexibility index (Phi) is 3.44. The Labute approximate surface area is 103 Å². The van der Waals surface area contributed by atoms with E-state index in [1.165, 1.54) is 6.07 Å². The van der Waals surface area contributed by atoms with Crippen molar-refractivity contribution < 1.29 is 14.4 Å². The third-order valence-corrected chi connectivity index (χ3v) is 2.60.